The third-order valence-electron chi connectivity index (χ3n) is 3.20. The van der Waals surface area contributed by atoms with Crippen molar-refractivity contribution in [1.29, 1.82) is 0 Å². The number of oxazole rings is 1. The molecule has 3 heteroatoms. The Morgan fingerprint density at radius 3 is 2.83 bits per heavy atom. The summed E-state index contributed by atoms with van der Waals surface area (Å²) in [5.41, 5.74) is 7.88. The molecule has 0 aliphatic heterocycles. The van der Waals surface area contributed by atoms with Crippen molar-refractivity contribution in [2.75, 3.05) is 0 Å². The molecule has 0 amide bonds. The third-order valence-corrected chi connectivity index (χ3v) is 3.20. The first kappa shape index (κ1) is 13.1. The highest BCUT2D eigenvalue weighted by Gasteiger charge is 2.10. The van der Waals surface area contributed by atoms with Gasteiger partial charge in [0.1, 0.15) is 5.52 Å². The molecule has 0 fully saturated rings. The minimum absolute atomic E-state index is 0.162. The van der Waals surface area contributed by atoms with Gasteiger partial charge in [-0.1, -0.05) is 44.7 Å². The van der Waals surface area contributed by atoms with E-state index in [1.165, 1.54) is 25.7 Å². The van der Waals surface area contributed by atoms with Crippen molar-refractivity contribution in [3.05, 3.63) is 30.2 Å². The minimum Gasteiger partial charge on any atom is -0.441 e. The zero-order valence-electron chi connectivity index (χ0n) is 11.1. The predicted molar refractivity (Wildman–Crippen MR) is 74.4 cm³/mol. The first-order valence-corrected chi connectivity index (χ1v) is 6.89. The fourth-order valence-corrected chi connectivity index (χ4v) is 2.17. The molecule has 2 aromatic rings. The second-order valence-electron chi connectivity index (χ2n) is 4.89. The van der Waals surface area contributed by atoms with Crippen molar-refractivity contribution < 1.29 is 4.42 Å². The maximum atomic E-state index is 6.11. The van der Waals surface area contributed by atoms with E-state index in [1.54, 1.807) is 0 Å². The zero-order valence-corrected chi connectivity index (χ0v) is 11.1. The molecule has 98 valence electrons. The predicted octanol–water partition coefficient (Wildman–Crippen LogP) is 3.67. The summed E-state index contributed by atoms with van der Waals surface area (Å²) in [6.45, 7) is 2.22. The second kappa shape index (κ2) is 6.55. The molecular formula is C15H22N2O. The van der Waals surface area contributed by atoms with Gasteiger partial charge in [0.25, 0.3) is 0 Å². The molecule has 0 bridgehead atoms. The van der Waals surface area contributed by atoms with E-state index in [0.29, 0.717) is 0 Å². The normalized spacial score (nSPS) is 13.0. The van der Waals surface area contributed by atoms with Gasteiger partial charge < -0.3 is 10.2 Å². The summed E-state index contributed by atoms with van der Waals surface area (Å²) in [4.78, 5) is 4.45. The first-order chi connectivity index (χ1) is 8.79. The molecule has 0 aliphatic carbocycles. The van der Waals surface area contributed by atoms with Crippen molar-refractivity contribution in [2.24, 2.45) is 5.73 Å². The van der Waals surface area contributed by atoms with Crippen molar-refractivity contribution >= 4 is 11.1 Å². The van der Waals surface area contributed by atoms with E-state index in [-0.39, 0.29) is 6.04 Å². The Hall–Kier alpha value is -1.35. The van der Waals surface area contributed by atoms with Gasteiger partial charge >= 0.3 is 0 Å². The van der Waals surface area contributed by atoms with Crippen LogP contribution in [0.3, 0.4) is 0 Å². The lowest BCUT2D eigenvalue weighted by Gasteiger charge is -2.08. The molecule has 0 radical (unpaired) electrons. The highest BCUT2D eigenvalue weighted by molar-refractivity contribution is 5.72. The number of para-hydroxylation sites is 2. The van der Waals surface area contributed by atoms with Gasteiger partial charge in [0.05, 0.1) is 0 Å². The van der Waals surface area contributed by atoms with Crippen molar-refractivity contribution in [3.8, 4) is 0 Å². The van der Waals surface area contributed by atoms with Gasteiger partial charge in [0, 0.05) is 12.5 Å². The molecule has 1 aromatic carbocycles. The number of rotatable bonds is 7. The SMILES string of the molecule is CCCCCCC(N)Cc1nc2ccccc2o1. The van der Waals surface area contributed by atoms with Crippen LogP contribution in [0.4, 0.5) is 0 Å². The average Bonchev–Trinajstić information content (AvgIpc) is 2.76. The molecule has 1 unspecified atom stereocenters. The van der Waals surface area contributed by atoms with Crippen LogP contribution in [-0.2, 0) is 6.42 Å². The molecular weight excluding hydrogens is 224 g/mol. The Labute approximate surface area is 108 Å². The molecule has 2 N–H and O–H groups in total. The maximum absolute atomic E-state index is 6.11. The van der Waals surface area contributed by atoms with Gasteiger partial charge in [-0.05, 0) is 18.6 Å². The quantitative estimate of drug-likeness (QED) is 0.758. The Balaban J connectivity index is 1.84. The number of hydrogen-bond donors (Lipinski definition) is 1. The van der Waals surface area contributed by atoms with E-state index in [9.17, 15) is 0 Å². The largest absolute Gasteiger partial charge is 0.441 e. The van der Waals surface area contributed by atoms with E-state index in [0.717, 1.165) is 29.8 Å². The fraction of sp³-hybridized carbons (Fsp3) is 0.533. The van der Waals surface area contributed by atoms with E-state index in [2.05, 4.69) is 11.9 Å². The van der Waals surface area contributed by atoms with Gasteiger partial charge in [-0.3, -0.25) is 0 Å². The number of fused-ring (bicyclic) bond motifs is 1. The van der Waals surface area contributed by atoms with Gasteiger partial charge in [-0.15, -0.1) is 0 Å². The number of nitrogens with two attached hydrogens (primary N) is 1. The smallest absolute Gasteiger partial charge is 0.197 e. The van der Waals surface area contributed by atoms with E-state index in [1.807, 2.05) is 24.3 Å². The lowest BCUT2D eigenvalue weighted by Crippen LogP contribution is -2.22. The number of unbranched alkanes of at least 4 members (excludes halogenated alkanes) is 3. The highest BCUT2D eigenvalue weighted by Crippen LogP contribution is 2.16. The van der Waals surface area contributed by atoms with Crippen LogP contribution in [0.2, 0.25) is 0 Å². The van der Waals surface area contributed by atoms with Crippen LogP contribution in [0.1, 0.15) is 44.9 Å². The van der Waals surface area contributed by atoms with Crippen LogP contribution < -0.4 is 5.73 Å². The number of benzene rings is 1. The van der Waals surface area contributed by atoms with Gasteiger partial charge in [-0.2, -0.15) is 0 Å². The minimum atomic E-state index is 0.162. The lowest BCUT2D eigenvalue weighted by atomic mass is 10.1. The number of nitrogens with zero attached hydrogens (tertiary/aromatic N) is 1. The van der Waals surface area contributed by atoms with Crippen LogP contribution in [0.5, 0.6) is 0 Å². The monoisotopic (exact) mass is 246 g/mol. The van der Waals surface area contributed by atoms with E-state index in [4.69, 9.17) is 10.2 Å². The summed E-state index contributed by atoms with van der Waals surface area (Å²) in [5.74, 6) is 0.763. The Kier molecular flexibility index (Phi) is 4.76. The van der Waals surface area contributed by atoms with Crippen LogP contribution >= 0.6 is 0 Å². The second-order valence-corrected chi connectivity index (χ2v) is 4.89. The third kappa shape index (κ3) is 3.57. The number of aromatic nitrogens is 1. The first-order valence-electron chi connectivity index (χ1n) is 6.89. The summed E-state index contributed by atoms with van der Waals surface area (Å²) in [6, 6.07) is 8.00. The van der Waals surface area contributed by atoms with Gasteiger partial charge in [0.15, 0.2) is 11.5 Å². The molecule has 1 atom stereocenters. The molecule has 1 aromatic heterocycles. The zero-order chi connectivity index (χ0) is 12.8. The summed E-state index contributed by atoms with van der Waals surface area (Å²) in [5, 5.41) is 0. The maximum Gasteiger partial charge on any atom is 0.197 e. The highest BCUT2D eigenvalue weighted by atomic mass is 16.3. The van der Waals surface area contributed by atoms with Gasteiger partial charge in [-0.25, -0.2) is 4.98 Å². The summed E-state index contributed by atoms with van der Waals surface area (Å²) in [7, 11) is 0. The molecule has 1 heterocycles. The average molecular weight is 246 g/mol. The van der Waals surface area contributed by atoms with Crippen molar-refractivity contribution in [1.82, 2.24) is 4.98 Å². The topological polar surface area (TPSA) is 52.0 Å². The van der Waals surface area contributed by atoms with Crippen molar-refractivity contribution in [3.63, 3.8) is 0 Å². The standard InChI is InChI=1S/C15H22N2O/c1-2-3-4-5-8-12(16)11-15-17-13-9-6-7-10-14(13)18-15/h6-7,9-10,12H,2-5,8,11,16H2,1H3. The van der Waals surface area contributed by atoms with Crippen LogP contribution in [0.15, 0.2) is 28.7 Å². The molecule has 18 heavy (non-hydrogen) atoms. The summed E-state index contributed by atoms with van der Waals surface area (Å²) >= 11 is 0. The van der Waals surface area contributed by atoms with Crippen LogP contribution in [0.25, 0.3) is 11.1 Å². The Morgan fingerprint density at radius 1 is 1.22 bits per heavy atom. The molecule has 0 saturated heterocycles. The molecule has 0 aliphatic rings. The Morgan fingerprint density at radius 2 is 2.06 bits per heavy atom. The molecule has 0 spiro atoms. The van der Waals surface area contributed by atoms with Gasteiger partial charge in [0.2, 0.25) is 0 Å². The van der Waals surface area contributed by atoms with E-state index < -0.39 is 0 Å². The Bertz CT molecular complexity index is 445. The molecule has 2 rings (SSSR count). The van der Waals surface area contributed by atoms with E-state index >= 15 is 0 Å². The molecule has 0 saturated carbocycles. The summed E-state index contributed by atoms with van der Waals surface area (Å²) < 4.78 is 5.68. The lowest BCUT2D eigenvalue weighted by molar-refractivity contribution is 0.470. The van der Waals surface area contributed by atoms with Crippen molar-refractivity contribution in [2.45, 2.75) is 51.5 Å². The number of hydrogen-bond acceptors (Lipinski definition) is 3. The summed E-state index contributed by atoms with van der Waals surface area (Å²) in [6.07, 6.45) is 6.84. The fourth-order valence-electron chi connectivity index (χ4n) is 2.17. The van der Waals surface area contributed by atoms with Crippen LogP contribution in [-0.4, -0.2) is 11.0 Å². The molecule has 3 nitrogen and oxygen atoms in total. The van der Waals surface area contributed by atoms with Crippen LogP contribution in [0, 0.1) is 0 Å².